The lowest BCUT2D eigenvalue weighted by Crippen LogP contribution is -2.32. The van der Waals surface area contributed by atoms with Gasteiger partial charge in [-0.3, -0.25) is 0 Å². The van der Waals surface area contributed by atoms with E-state index in [0.29, 0.717) is 0 Å². The Morgan fingerprint density at radius 1 is 1.23 bits per heavy atom. The van der Waals surface area contributed by atoms with Crippen molar-refractivity contribution < 1.29 is 9.47 Å². The van der Waals surface area contributed by atoms with Gasteiger partial charge in [-0.1, -0.05) is 6.07 Å². The predicted octanol–water partition coefficient (Wildman–Crippen LogP) is 2.17. The second kappa shape index (κ2) is 3.08. The molecule has 0 atom stereocenters. The van der Waals surface area contributed by atoms with E-state index in [4.69, 9.17) is 31.6 Å². The molecule has 0 spiro atoms. The summed E-state index contributed by atoms with van der Waals surface area (Å²) in [7, 11) is 0. The third kappa shape index (κ3) is 1.77. The first-order chi connectivity index (χ1) is 6.07. The van der Waals surface area contributed by atoms with Crippen molar-refractivity contribution in [3.05, 3.63) is 18.2 Å². The first kappa shape index (κ1) is 9.18. The van der Waals surface area contributed by atoms with Crippen molar-refractivity contribution >= 4 is 34.0 Å². The van der Waals surface area contributed by atoms with Crippen molar-refractivity contribution in [2.75, 3.05) is 6.79 Å². The van der Waals surface area contributed by atoms with Crippen molar-refractivity contribution in [3.63, 3.8) is 0 Å². The van der Waals surface area contributed by atoms with Crippen LogP contribution in [0.1, 0.15) is 0 Å². The summed E-state index contributed by atoms with van der Waals surface area (Å²) >= 11 is 12.1. The molecule has 1 aromatic rings. The Hall–Kier alpha value is -0.383. The molecular formula is C8H8Cl2O2Si. The van der Waals surface area contributed by atoms with E-state index in [9.17, 15) is 0 Å². The number of hydrogen-bond donors (Lipinski definition) is 0. The summed E-state index contributed by atoms with van der Waals surface area (Å²) in [5.74, 6) is 1.49. The van der Waals surface area contributed by atoms with Crippen LogP contribution < -0.4 is 14.7 Å². The smallest absolute Gasteiger partial charge is 0.278 e. The maximum atomic E-state index is 6.07. The zero-order valence-corrected chi connectivity index (χ0v) is 9.52. The van der Waals surface area contributed by atoms with Crippen LogP contribution in [0.3, 0.4) is 0 Å². The van der Waals surface area contributed by atoms with E-state index in [2.05, 4.69) is 0 Å². The summed E-state index contributed by atoms with van der Waals surface area (Å²) in [5, 5.41) is 0.945. The van der Waals surface area contributed by atoms with Crippen LogP contribution in [0.15, 0.2) is 18.2 Å². The normalized spacial score (nSPS) is 14.7. The Balaban J connectivity index is 2.42. The van der Waals surface area contributed by atoms with Crippen molar-refractivity contribution in [2.24, 2.45) is 0 Å². The molecule has 70 valence electrons. The Bertz CT molecular complexity index is 335. The molecule has 2 nitrogen and oxygen atoms in total. The first-order valence-corrected chi connectivity index (χ1v) is 8.38. The number of benzene rings is 1. The molecule has 0 bridgehead atoms. The molecule has 1 aliphatic heterocycles. The Kier molecular flexibility index (Phi) is 2.18. The van der Waals surface area contributed by atoms with Crippen LogP contribution in [0.4, 0.5) is 0 Å². The standard InChI is InChI=1S/C8H8Cl2O2Si/c1-13(9,10)6-2-3-7-8(4-6)12-5-11-7/h2-4H,5H2,1H3. The minimum atomic E-state index is -2.27. The molecule has 0 aromatic heterocycles. The molecule has 1 aromatic carbocycles. The van der Waals surface area contributed by atoms with Crippen LogP contribution in [0.25, 0.3) is 0 Å². The zero-order valence-electron chi connectivity index (χ0n) is 7.01. The van der Waals surface area contributed by atoms with Gasteiger partial charge in [-0.2, -0.15) is 0 Å². The lowest BCUT2D eigenvalue weighted by Gasteiger charge is -2.10. The second-order valence-corrected chi connectivity index (χ2v) is 10.4. The molecule has 0 fully saturated rings. The van der Waals surface area contributed by atoms with E-state index in [0.717, 1.165) is 16.7 Å². The first-order valence-electron chi connectivity index (χ1n) is 3.85. The van der Waals surface area contributed by atoms with Gasteiger partial charge >= 0.3 is 0 Å². The van der Waals surface area contributed by atoms with E-state index in [1.165, 1.54) is 0 Å². The summed E-state index contributed by atoms with van der Waals surface area (Å²) in [5.41, 5.74) is 0. The molecule has 13 heavy (non-hydrogen) atoms. The number of halogens is 2. The van der Waals surface area contributed by atoms with E-state index >= 15 is 0 Å². The number of ether oxygens (including phenoxy) is 2. The Labute approximate surface area is 86.8 Å². The van der Waals surface area contributed by atoms with Crippen LogP contribution >= 0.6 is 22.2 Å². The monoisotopic (exact) mass is 234 g/mol. The highest BCUT2D eigenvalue weighted by Crippen LogP contribution is 2.31. The molecule has 0 saturated carbocycles. The van der Waals surface area contributed by atoms with Crippen LogP contribution in [0.5, 0.6) is 11.5 Å². The number of hydrogen-bond acceptors (Lipinski definition) is 2. The maximum absolute atomic E-state index is 6.07. The van der Waals surface area contributed by atoms with Crippen molar-refractivity contribution in [2.45, 2.75) is 6.55 Å². The number of fused-ring (bicyclic) bond motifs is 1. The molecule has 0 amide bonds. The molecule has 2 rings (SSSR count). The summed E-state index contributed by atoms with van der Waals surface area (Å²) < 4.78 is 10.4. The molecule has 5 heteroatoms. The molecule has 0 unspecified atom stereocenters. The third-order valence-corrected chi connectivity index (χ3v) is 4.51. The lowest BCUT2D eigenvalue weighted by molar-refractivity contribution is 0.174. The van der Waals surface area contributed by atoms with Gasteiger partial charge in [0.05, 0.1) is 0 Å². The molecule has 0 N–H and O–H groups in total. The van der Waals surface area contributed by atoms with Crippen molar-refractivity contribution in [1.82, 2.24) is 0 Å². The third-order valence-electron chi connectivity index (χ3n) is 1.88. The summed E-state index contributed by atoms with van der Waals surface area (Å²) in [6, 6.07) is 5.59. The van der Waals surface area contributed by atoms with Gasteiger partial charge in [-0.15, -0.1) is 22.2 Å². The topological polar surface area (TPSA) is 18.5 Å². The fourth-order valence-corrected chi connectivity index (χ4v) is 2.64. The molecule has 0 aliphatic carbocycles. The van der Waals surface area contributed by atoms with E-state index in [1.807, 2.05) is 24.7 Å². The van der Waals surface area contributed by atoms with E-state index in [1.54, 1.807) is 0 Å². The van der Waals surface area contributed by atoms with Gasteiger partial charge < -0.3 is 9.47 Å². The van der Waals surface area contributed by atoms with Gasteiger partial charge in [0, 0.05) is 0 Å². The average molecular weight is 235 g/mol. The minimum Gasteiger partial charge on any atom is -0.454 e. The minimum absolute atomic E-state index is 0.279. The summed E-state index contributed by atoms with van der Waals surface area (Å²) in [6.45, 7) is -0.133. The van der Waals surface area contributed by atoms with Gasteiger partial charge in [-0.25, -0.2) is 0 Å². The van der Waals surface area contributed by atoms with Crippen molar-refractivity contribution in [1.29, 1.82) is 0 Å². The van der Waals surface area contributed by atoms with E-state index < -0.39 is 6.69 Å². The quantitative estimate of drug-likeness (QED) is 0.548. The number of rotatable bonds is 1. The zero-order chi connectivity index (χ0) is 9.47. The van der Waals surface area contributed by atoms with Crippen LogP contribution in [0, 0.1) is 0 Å². The fraction of sp³-hybridized carbons (Fsp3) is 0.250. The fourth-order valence-electron chi connectivity index (χ4n) is 1.17. The van der Waals surface area contributed by atoms with Crippen LogP contribution in [-0.2, 0) is 0 Å². The van der Waals surface area contributed by atoms with Gasteiger partial charge in [0.2, 0.25) is 6.79 Å². The van der Waals surface area contributed by atoms with Gasteiger partial charge in [0.1, 0.15) is 0 Å². The van der Waals surface area contributed by atoms with Crippen molar-refractivity contribution in [3.8, 4) is 11.5 Å². The predicted molar refractivity (Wildman–Crippen MR) is 55.5 cm³/mol. The largest absolute Gasteiger partial charge is 0.454 e. The molecular weight excluding hydrogens is 227 g/mol. The lowest BCUT2D eigenvalue weighted by atomic mass is 10.3. The summed E-state index contributed by atoms with van der Waals surface area (Å²) in [4.78, 5) is 0. The van der Waals surface area contributed by atoms with E-state index in [-0.39, 0.29) is 6.79 Å². The highest BCUT2D eigenvalue weighted by Gasteiger charge is 2.26. The molecule has 0 radical (unpaired) electrons. The summed E-state index contributed by atoms with van der Waals surface area (Å²) in [6.07, 6.45) is 0. The van der Waals surface area contributed by atoms with Crippen LogP contribution in [0.2, 0.25) is 6.55 Å². The molecule has 1 heterocycles. The molecule has 0 saturated heterocycles. The second-order valence-electron chi connectivity index (χ2n) is 2.96. The Morgan fingerprint density at radius 2 is 1.92 bits per heavy atom. The molecule has 1 aliphatic rings. The highest BCUT2D eigenvalue weighted by atomic mass is 35.7. The Morgan fingerprint density at radius 3 is 2.62 bits per heavy atom. The van der Waals surface area contributed by atoms with Gasteiger partial charge in [0.25, 0.3) is 6.69 Å². The average Bonchev–Trinajstić information content (AvgIpc) is 2.47. The SMILES string of the molecule is C[Si](Cl)(Cl)c1ccc2c(c1)OCO2. The van der Waals surface area contributed by atoms with Gasteiger partial charge in [-0.05, 0) is 23.9 Å². The maximum Gasteiger partial charge on any atom is 0.278 e. The highest BCUT2D eigenvalue weighted by molar-refractivity contribution is 7.50. The van der Waals surface area contributed by atoms with Gasteiger partial charge in [0.15, 0.2) is 11.5 Å². The van der Waals surface area contributed by atoms with Crippen LogP contribution in [-0.4, -0.2) is 13.5 Å².